The molecule has 0 unspecified atom stereocenters. The number of alkyl halides is 3. The van der Waals surface area contributed by atoms with E-state index in [2.05, 4.69) is 6.08 Å². The van der Waals surface area contributed by atoms with Crippen molar-refractivity contribution in [1.82, 2.24) is 4.90 Å². The molecule has 2 bridgehead atoms. The Hall–Kier alpha value is -4.77. The van der Waals surface area contributed by atoms with Crippen molar-refractivity contribution in [1.29, 1.82) is 0 Å². The molecule has 1 fully saturated rings. The number of fused-ring (bicyclic) bond motifs is 9. The highest BCUT2D eigenvalue weighted by Crippen LogP contribution is 2.59. The normalized spacial score (nSPS) is 22.8. The molecule has 298 valence electrons. The summed E-state index contributed by atoms with van der Waals surface area (Å²) in [6.07, 6.45) is 0.152. The van der Waals surface area contributed by atoms with Crippen molar-refractivity contribution < 1.29 is 37.7 Å². The summed E-state index contributed by atoms with van der Waals surface area (Å²) in [5.41, 5.74) is -0.602. The predicted molar refractivity (Wildman–Crippen MR) is 218 cm³/mol. The maximum Gasteiger partial charge on any atom is 0.416 e. The van der Waals surface area contributed by atoms with Gasteiger partial charge in [-0.2, -0.15) is 13.2 Å². The number of hydrogen-bond donors (Lipinski definition) is 2. The highest BCUT2D eigenvalue weighted by molar-refractivity contribution is 7.09. The first-order valence-electron chi connectivity index (χ1n) is 19.6. The zero-order valence-corrected chi connectivity index (χ0v) is 33.0. The summed E-state index contributed by atoms with van der Waals surface area (Å²) in [5.74, 6) is -0.549. The third-order valence-electron chi connectivity index (χ3n) is 12.2. The standard InChI is InChI=1S/C47H48F3NO5S/c1-31-8-6-22-45(2)42(40-19-15-32(26-37(52)17-14-31)27-41(40)43(53)35-11-5-12-36(28-35)47(48,49)50)20-23-46(45,55)30-51(24-21-39-13-7-25-57-39)44(54)56-38-18-16-33-9-3-4-10-34(33)29-38/h3-5,7-13,15-16,18-19,25,27-29,37,42,52,55H,6,14,17,20-24,26,30H2,1-2H3/t37-,42-,45-,46+/m0/s1. The number of amides is 1. The topological polar surface area (TPSA) is 87.1 Å². The average molecular weight is 796 g/mol. The van der Waals surface area contributed by atoms with Crippen molar-refractivity contribution in [3.8, 4) is 5.75 Å². The molecule has 1 heterocycles. The van der Waals surface area contributed by atoms with Crippen LogP contribution in [0.25, 0.3) is 10.8 Å². The first-order chi connectivity index (χ1) is 27.2. The number of thiophene rings is 1. The molecule has 1 amide bonds. The van der Waals surface area contributed by atoms with Crippen molar-refractivity contribution in [2.75, 3.05) is 13.1 Å². The van der Waals surface area contributed by atoms with E-state index in [4.69, 9.17) is 4.74 Å². The lowest BCUT2D eigenvalue weighted by molar-refractivity contribution is -0.137. The maximum absolute atomic E-state index is 14.4. The fraction of sp³-hybridized carbons (Fsp3) is 0.362. The molecule has 8 rings (SSSR count). The second-order valence-electron chi connectivity index (χ2n) is 16.0. The van der Waals surface area contributed by atoms with E-state index in [1.165, 1.54) is 12.1 Å². The Kier molecular flexibility index (Phi) is 11.8. The molecule has 3 aliphatic carbocycles. The number of rotatable bonds is 8. The van der Waals surface area contributed by atoms with E-state index < -0.39 is 46.7 Å². The number of carbonyl (C=O) groups excluding carboxylic acids is 2. The lowest BCUT2D eigenvalue weighted by Crippen LogP contribution is -2.54. The van der Waals surface area contributed by atoms with Crippen LogP contribution >= 0.6 is 11.3 Å². The summed E-state index contributed by atoms with van der Waals surface area (Å²) < 4.78 is 47.5. The Morgan fingerprint density at radius 2 is 1.74 bits per heavy atom. The minimum Gasteiger partial charge on any atom is -0.410 e. The second kappa shape index (κ2) is 16.6. The fourth-order valence-corrected chi connectivity index (χ4v) is 9.53. The summed E-state index contributed by atoms with van der Waals surface area (Å²) in [5, 5.41) is 27.9. The van der Waals surface area contributed by atoms with Crippen LogP contribution in [0.1, 0.15) is 95.8 Å². The van der Waals surface area contributed by atoms with Gasteiger partial charge in [-0.05, 0) is 128 Å². The molecule has 4 atom stereocenters. The van der Waals surface area contributed by atoms with Crippen LogP contribution in [0.2, 0.25) is 0 Å². The van der Waals surface area contributed by atoms with Crippen LogP contribution in [0.3, 0.4) is 0 Å². The van der Waals surface area contributed by atoms with Gasteiger partial charge in [-0.3, -0.25) is 4.79 Å². The number of halogens is 3. The molecule has 3 aliphatic rings. The largest absolute Gasteiger partial charge is 0.416 e. The Balaban J connectivity index is 1.27. The van der Waals surface area contributed by atoms with E-state index in [-0.39, 0.29) is 24.1 Å². The zero-order valence-electron chi connectivity index (χ0n) is 32.2. The first-order valence-corrected chi connectivity index (χ1v) is 20.5. The molecule has 6 nitrogen and oxygen atoms in total. The van der Waals surface area contributed by atoms with E-state index in [1.807, 2.05) is 79.9 Å². The van der Waals surface area contributed by atoms with Gasteiger partial charge >= 0.3 is 12.3 Å². The molecule has 0 aliphatic heterocycles. The Bertz CT molecular complexity index is 2270. The van der Waals surface area contributed by atoms with Crippen molar-refractivity contribution in [2.24, 2.45) is 5.41 Å². The summed E-state index contributed by atoms with van der Waals surface area (Å²) in [6.45, 7) is 4.32. The third-order valence-corrected chi connectivity index (χ3v) is 13.1. The van der Waals surface area contributed by atoms with Crippen molar-refractivity contribution in [2.45, 2.75) is 89.0 Å². The number of ketones is 1. The van der Waals surface area contributed by atoms with Crippen LogP contribution in [0.15, 0.2) is 114 Å². The number of allylic oxidation sites excluding steroid dienone is 2. The Morgan fingerprint density at radius 3 is 2.51 bits per heavy atom. The van der Waals surface area contributed by atoms with Gasteiger partial charge in [-0.25, -0.2) is 4.79 Å². The number of hydrogen-bond acceptors (Lipinski definition) is 6. The van der Waals surface area contributed by atoms with Crippen LogP contribution in [0.5, 0.6) is 5.75 Å². The van der Waals surface area contributed by atoms with Gasteiger partial charge in [0.1, 0.15) is 5.75 Å². The molecule has 57 heavy (non-hydrogen) atoms. The predicted octanol–water partition coefficient (Wildman–Crippen LogP) is 10.9. The van der Waals surface area contributed by atoms with Gasteiger partial charge in [0.05, 0.1) is 23.8 Å². The molecular formula is C47H48F3NO5S. The van der Waals surface area contributed by atoms with E-state index >= 15 is 0 Å². The molecule has 2 N–H and O–H groups in total. The molecule has 10 heteroatoms. The molecule has 1 aromatic heterocycles. The van der Waals surface area contributed by atoms with Gasteiger partial charge in [0.25, 0.3) is 0 Å². The molecule has 4 aromatic carbocycles. The summed E-state index contributed by atoms with van der Waals surface area (Å²) in [7, 11) is 0. The number of nitrogens with zero attached hydrogens (tertiary/aromatic N) is 1. The molecule has 0 radical (unpaired) electrons. The lowest BCUT2D eigenvalue weighted by Gasteiger charge is -2.46. The molecule has 0 spiro atoms. The molecule has 0 saturated heterocycles. The highest BCUT2D eigenvalue weighted by Gasteiger charge is 2.58. The van der Waals surface area contributed by atoms with E-state index in [9.17, 15) is 33.0 Å². The summed E-state index contributed by atoms with van der Waals surface area (Å²) in [6, 6.07) is 27.2. The number of benzene rings is 4. The fourth-order valence-electron chi connectivity index (χ4n) is 8.84. The van der Waals surface area contributed by atoms with E-state index in [0.717, 1.165) is 33.4 Å². The van der Waals surface area contributed by atoms with Crippen LogP contribution < -0.4 is 4.74 Å². The second-order valence-corrected chi connectivity index (χ2v) is 17.0. The van der Waals surface area contributed by atoms with Gasteiger partial charge in [0, 0.05) is 28.0 Å². The molecule has 1 saturated carbocycles. The van der Waals surface area contributed by atoms with Crippen LogP contribution in [-0.2, 0) is 19.0 Å². The number of aliphatic hydroxyl groups excluding tert-OH is 1. The van der Waals surface area contributed by atoms with Gasteiger partial charge in [0.2, 0.25) is 0 Å². The Morgan fingerprint density at radius 1 is 0.930 bits per heavy atom. The lowest BCUT2D eigenvalue weighted by atomic mass is 9.64. The average Bonchev–Trinajstić information content (AvgIpc) is 3.80. The van der Waals surface area contributed by atoms with Crippen LogP contribution in [0.4, 0.5) is 18.0 Å². The van der Waals surface area contributed by atoms with Crippen LogP contribution in [0, 0.1) is 5.41 Å². The Labute approximate surface area is 335 Å². The molecule has 5 aromatic rings. The van der Waals surface area contributed by atoms with E-state index in [0.29, 0.717) is 68.4 Å². The minimum absolute atomic E-state index is 0.0261. The minimum atomic E-state index is -4.63. The third kappa shape index (κ3) is 8.88. The summed E-state index contributed by atoms with van der Waals surface area (Å²) in [4.78, 5) is 31.3. The molecular weight excluding hydrogens is 748 g/mol. The van der Waals surface area contributed by atoms with Crippen molar-refractivity contribution in [3.63, 3.8) is 0 Å². The smallest absolute Gasteiger partial charge is 0.410 e. The quantitative estimate of drug-likeness (QED) is 0.121. The van der Waals surface area contributed by atoms with Crippen LogP contribution in [-0.4, -0.2) is 51.8 Å². The van der Waals surface area contributed by atoms with Crippen molar-refractivity contribution in [3.05, 3.63) is 147 Å². The van der Waals surface area contributed by atoms with Crippen molar-refractivity contribution >= 4 is 34.0 Å². The van der Waals surface area contributed by atoms with Gasteiger partial charge < -0.3 is 19.8 Å². The number of carbonyl (C=O) groups is 2. The van der Waals surface area contributed by atoms with Gasteiger partial charge in [-0.15, -0.1) is 11.3 Å². The van der Waals surface area contributed by atoms with Gasteiger partial charge in [-0.1, -0.05) is 79.2 Å². The monoisotopic (exact) mass is 795 g/mol. The SMILES string of the molecule is CC1=CCC[C@@]2(C)[C@@H](CC[C@@]2(O)CN(CCc2cccs2)C(=O)Oc2ccc3ccccc3c2)c2ccc(cc2C(=O)c2cccc(C(F)(F)F)c2)C[C@@H](O)CC1. The summed E-state index contributed by atoms with van der Waals surface area (Å²) >= 11 is 1.59. The number of ether oxygens (including phenoxy) is 1. The van der Waals surface area contributed by atoms with E-state index in [1.54, 1.807) is 28.4 Å². The zero-order chi connectivity index (χ0) is 40.4. The first kappa shape index (κ1) is 40.4. The van der Waals surface area contributed by atoms with Gasteiger partial charge in [0.15, 0.2) is 5.78 Å². The highest BCUT2D eigenvalue weighted by atomic mass is 32.1. The maximum atomic E-state index is 14.4. The number of aliphatic hydroxyl groups is 2.